The molecule has 0 bridgehead atoms. The maximum atomic E-state index is 12.0. The van der Waals surface area contributed by atoms with E-state index in [1.54, 1.807) is 0 Å². The smallest absolute Gasteiger partial charge is 0.325 e. The summed E-state index contributed by atoms with van der Waals surface area (Å²) in [6.07, 6.45) is 4.97. The SMILES string of the molecule is COC(=O)C(C)(C)N1CCC2(CCN(Cc3ccccc3)CC2)CC1. The molecule has 2 aliphatic rings. The summed E-state index contributed by atoms with van der Waals surface area (Å²) < 4.78 is 4.99. The predicted molar refractivity (Wildman–Crippen MR) is 100 cm³/mol. The molecule has 0 atom stereocenters. The quantitative estimate of drug-likeness (QED) is 0.785. The van der Waals surface area contributed by atoms with E-state index in [4.69, 9.17) is 4.74 Å². The molecule has 4 nitrogen and oxygen atoms in total. The van der Waals surface area contributed by atoms with Gasteiger partial charge in [0.05, 0.1) is 7.11 Å². The fourth-order valence-corrected chi connectivity index (χ4v) is 4.45. The van der Waals surface area contributed by atoms with Crippen molar-refractivity contribution in [2.75, 3.05) is 33.3 Å². The summed E-state index contributed by atoms with van der Waals surface area (Å²) in [6.45, 7) is 9.42. The Balaban J connectivity index is 1.51. The Morgan fingerprint density at radius 1 is 1.04 bits per heavy atom. The standard InChI is InChI=1S/C21H32N2O2/c1-20(2,19(24)25-3)23-15-11-21(12-16-23)9-13-22(14-10-21)17-18-7-5-4-6-8-18/h4-8H,9-17H2,1-3H3. The second-order valence-electron chi connectivity index (χ2n) is 8.30. The highest BCUT2D eigenvalue weighted by Crippen LogP contribution is 2.42. The van der Waals surface area contributed by atoms with Gasteiger partial charge in [0.2, 0.25) is 0 Å². The van der Waals surface area contributed by atoms with Crippen LogP contribution in [0.2, 0.25) is 0 Å². The minimum Gasteiger partial charge on any atom is -0.468 e. The van der Waals surface area contributed by atoms with Crippen LogP contribution in [-0.2, 0) is 16.1 Å². The number of esters is 1. The first-order valence-electron chi connectivity index (χ1n) is 9.55. The molecule has 1 aromatic rings. The van der Waals surface area contributed by atoms with E-state index in [9.17, 15) is 4.79 Å². The minimum atomic E-state index is -0.510. The van der Waals surface area contributed by atoms with Crippen LogP contribution in [0, 0.1) is 5.41 Å². The number of likely N-dealkylation sites (tertiary alicyclic amines) is 2. The number of benzene rings is 1. The van der Waals surface area contributed by atoms with E-state index in [1.165, 1.54) is 51.4 Å². The van der Waals surface area contributed by atoms with Gasteiger partial charge < -0.3 is 4.74 Å². The van der Waals surface area contributed by atoms with E-state index in [0.29, 0.717) is 5.41 Å². The molecule has 0 amide bonds. The van der Waals surface area contributed by atoms with Crippen molar-refractivity contribution < 1.29 is 9.53 Å². The number of hydrogen-bond acceptors (Lipinski definition) is 4. The third kappa shape index (κ3) is 4.06. The van der Waals surface area contributed by atoms with Crippen molar-refractivity contribution >= 4 is 5.97 Å². The number of ether oxygens (including phenoxy) is 1. The molecule has 0 saturated carbocycles. The van der Waals surface area contributed by atoms with E-state index >= 15 is 0 Å². The minimum absolute atomic E-state index is 0.124. The zero-order valence-electron chi connectivity index (χ0n) is 16.0. The van der Waals surface area contributed by atoms with Crippen molar-refractivity contribution in [1.82, 2.24) is 9.80 Å². The number of carbonyl (C=O) groups excluding carboxylic acids is 1. The molecule has 0 aliphatic carbocycles. The van der Waals surface area contributed by atoms with Crippen molar-refractivity contribution in [3.63, 3.8) is 0 Å². The zero-order valence-corrected chi connectivity index (χ0v) is 16.0. The van der Waals surface area contributed by atoms with Gasteiger partial charge in [-0.15, -0.1) is 0 Å². The van der Waals surface area contributed by atoms with E-state index in [2.05, 4.69) is 40.1 Å². The molecule has 1 aromatic carbocycles. The fraction of sp³-hybridized carbons (Fsp3) is 0.667. The van der Waals surface area contributed by atoms with E-state index < -0.39 is 5.54 Å². The molecular formula is C21H32N2O2. The molecule has 25 heavy (non-hydrogen) atoms. The first kappa shape index (κ1) is 18.4. The molecule has 0 N–H and O–H groups in total. The Labute approximate surface area is 152 Å². The highest BCUT2D eigenvalue weighted by Gasteiger charge is 2.43. The van der Waals surface area contributed by atoms with Gasteiger partial charge in [-0.2, -0.15) is 0 Å². The van der Waals surface area contributed by atoms with Gasteiger partial charge in [-0.05, 0) is 76.7 Å². The third-order valence-corrected chi connectivity index (χ3v) is 6.47. The number of rotatable bonds is 4. The molecule has 2 heterocycles. The van der Waals surface area contributed by atoms with E-state index in [0.717, 1.165) is 19.6 Å². The maximum Gasteiger partial charge on any atom is 0.325 e. The van der Waals surface area contributed by atoms with Crippen LogP contribution < -0.4 is 0 Å². The molecule has 0 aromatic heterocycles. The van der Waals surface area contributed by atoms with E-state index in [1.807, 2.05) is 13.8 Å². The Kier molecular flexibility index (Phi) is 5.49. The van der Waals surface area contributed by atoms with Gasteiger partial charge in [-0.25, -0.2) is 0 Å². The lowest BCUT2D eigenvalue weighted by Crippen LogP contribution is -2.56. The van der Waals surface area contributed by atoms with Gasteiger partial charge >= 0.3 is 5.97 Å². The van der Waals surface area contributed by atoms with Crippen LogP contribution in [0.5, 0.6) is 0 Å². The summed E-state index contributed by atoms with van der Waals surface area (Å²) >= 11 is 0. The Morgan fingerprint density at radius 2 is 1.60 bits per heavy atom. The molecular weight excluding hydrogens is 312 g/mol. The fourth-order valence-electron chi connectivity index (χ4n) is 4.45. The molecule has 4 heteroatoms. The number of piperidine rings is 2. The normalized spacial score (nSPS) is 22.0. The first-order chi connectivity index (χ1) is 12.0. The number of carbonyl (C=O) groups is 1. The summed E-state index contributed by atoms with van der Waals surface area (Å²) in [4.78, 5) is 16.9. The van der Waals surface area contributed by atoms with Crippen LogP contribution in [0.1, 0.15) is 45.1 Å². The summed E-state index contributed by atoms with van der Waals surface area (Å²) in [5, 5.41) is 0. The van der Waals surface area contributed by atoms with Crippen molar-refractivity contribution in [2.24, 2.45) is 5.41 Å². The van der Waals surface area contributed by atoms with Crippen molar-refractivity contribution in [3.05, 3.63) is 35.9 Å². The van der Waals surface area contributed by atoms with Gasteiger partial charge in [0.15, 0.2) is 0 Å². The van der Waals surface area contributed by atoms with Gasteiger partial charge in [-0.3, -0.25) is 14.6 Å². The summed E-state index contributed by atoms with van der Waals surface area (Å²) in [7, 11) is 1.48. The highest BCUT2D eigenvalue weighted by atomic mass is 16.5. The lowest BCUT2D eigenvalue weighted by molar-refractivity contribution is -0.155. The molecule has 2 saturated heterocycles. The topological polar surface area (TPSA) is 32.8 Å². The van der Waals surface area contributed by atoms with E-state index in [-0.39, 0.29) is 5.97 Å². The largest absolute Gasteiger partial charge is 0.468 e. The van der Waals surface area contributed by atoms with Crippen LogP contribution in [-0.4, -0.2) is 54.6 Å². The van der Waals surface area contributed by atoms with Crippen LogP contribution >= 0.6 is 0 Å². The van der Waals surface area contributed by atoms with Gasteiger partial charge in [0.25, 0.3) is 0 Å². The number of nitrogens with zero attached hydrogens (tertiary/aromatic N) is 2. The van der Waals surface area contributed by atoms with Gasteiger partial charge in [-0.1, -0.05) is 30.3 Å². The first-order valence-corrected chi connectivity index (χ1v) is 9.55. The number of hydrogen-bond donors (Lipinski definition) is 0. The maximum absolute atomic E-state index is 12.0. The Morgan fingerprint density at radius 3 is 2.16 bits per heavy atom. The molecule has 138 valence electrons. The second-order valence-corrected chi connectivity index (χ2v) is 8.30. The van der Waals surface area contributed by atoms with Gasteiger partial charge in [0, 0.05) is 6.54 Å². The molecule has 2 fully saturated rings. The van der Waals surface area contributed by atoms with Crippen molar-refractivity contribution in [2.45, 2.75) is 51.6 Å². The molecule has 1 spiro atoms. The van der Waals surface area contributed by atoms with Crippen molar-refractivity contribution in [1.29, 1.82) is 0 Å². The number of methoxy groups -OCH3 is 1. The lowest BCUT2D eigenvalue weighted by atomic mass is 9.70. The second kappa shape index (κ2) is 7.46. The lowest BCUT2D eigenvalue weighted by Gasteiger charge is -2.49. The summed E-state index contributed by atoms with van der Waals surface area (Å²) in [5.74, 6) is -0.124. The third-order valence-electron chi connectivity index (χ3n) is 6.47. The molecule has 0 radical (unpaired) electrons. The van der Waals surface area contributed by atoms with Crippen LogP contribution in [0.4, 0.5) is 0 Å². The molecule has 2 aliphatic heterocycles. The average molecular weight is 344 g/mol. The zero-order chi connectivity index (χ0) is 17.9. The van der Waals surface area contributed by atoms with Crippen LogP contribution in [0.15, 0.2) is 30.3 Å². The average Bonchev–Trinajstić information content (AvgIpc) is 2.64. The molecule has 3 rings (SSSR count). The molecule has 0 unspecified atom stereocenters. The van der Waals surface area contributed by atoms with Gasteiger partial charge in [0.1, 0.15) is 5.54 Å². The predicted octanol–water partition coefficient (Wildman–Crippen LogP) is 3.32. The summed E-state index contributed by atoms with van der Waals surface area (Å²) in [5.41, 5.74) is 1.38. The van der Waals surface area contributed by atoms with Crippen LogP contribution in [0.3, 0.4) is 0 Å². The van der Waals surface area contributed by atoms with Crippen LogP contribution in [0.25, 0.3) is 0 Å². The monoisotopic (exact) mass is 344 g/mol. The summed E-state index contributed by atoms with van der Waals surface area (Å²) in [6, 6.07) is 10.8. The van der Waals surface area contributed by atoms with Crippen molar-refractivity contribution in [3.8, 4) is 0 Å². The Hall–Kier alpha value is -1.39. The highest BCUT2D eigenvalue weighted by molar-refractivity contribution is 5.79. The Bertz CT molecular complexity index is 567.